The Kier molecular flexibility index (Phi) is 19.2. The van der Waals surface area contributed by atoms with E-state index in [0.717, 1.165) is 25.2 Å². The van der Waals surface area contributed by atoms with Gasteiger partial charge in [0.05, 0.1) is 31.6 Å². The predicted octanol–water partition coefficient (Wildman–Crippen LogP) is 10.2. The highest BCUT2D eigenvalue weighted by atomic mass is 35.5. The second kappa shape index (κ2) is 21.6. The van der Waals surface area contributed by atoms with E-state index in [9.17, 15) is 13.2 Å². The average Bonchev–Trinajstić information content (AvgIpc) is 3.05. The standard InChI is InChI=1S/C20H14Cl2O3.C7H16O.C6H14O3S.C5H5N/c1-24-15-7-9-17(10-8-15)25-16-5-2-13(3-6-16)20(23)18-12-14(21)4-11-19(18)22;1-5-8-6-7(2,3)4;1-6(2,3)5-9-10(4,7)8;1-2-4-6-5-3-1/h2-12H,1H3;5-6H2,1-4H3;5H2,1-4H3;1-5H. The van der Waals surface area contributed by atoms with Crippen molar-refractivity contribution in [1.82, 2.24) is 4.98 Å². The van der Waals surface area contributed by atoms with E-state index in [0.29, 0.717) is 38.1 Å². The van der Waals surface area contributed by atoms with Crippen LogP contribution in [-0.4, -0.2) is 52.4 Å². The molecule has 0 amide bonds. The fourth-order valence-electron chi connectivity index (χ4n) is 3.29. The average molecular weight is 735 g/mol. The number of rotatable bonds is 9. The first-order chi connectivity index (χ1) is 22.8. The molecule has 1 heterocycles. The summed E-state index contributed by atoms with van der Waals surface area (Å²) in [5.74, 6) is 1.87. The molecule has 0 fully saturated rings. The van der Waals surface area contributed by atoms with E-state index in [1.807, 2.05) is 70.2 Å². The molecule has 0 spiro atoms. The van der Waals surface area contributed by atoms with Crippen molar-refractivity contribution in [2.45, 2.75) is 48.5 Å². The van der Waals surface area contributed by atoms with Gasteiger partial charge in [-0.25, -0.2) is 0 Å². The fourth-order valence-corrected chi connectivity index (χ4v) is 4.23. The monoisotopic (exact) mass is 733 g/mol. The van der Waals surface area contributed by atoms with E-state index in [1.54, 1.807) is 62.0 Å². The van der Waals surface area contributed by atoms with Crippen molar-refractivity contribution >= 4 is 39.1 Å². The SMILES string of the molecule is CC(C)(C)COS(C)(=O)=O.CCOCC(C)(C)C.COc1ccc(Oc2ccc(C(=O)c3cc(Cl)ccc3Cl)cc2)cc1.c1ccncc1. The first-order valence-corrected chi connectivity index (χ1v) is 18.1. The number of pyridine rings is 1. The summed E-state index contributed by atoms with van der Waals surface area (Å²) < 4.78 is 41.5. The summed E-state index contributed by atoms with van der Waals surface area (Å²) in [7, 11) is -1.65. The summed E-state index contributed by atoms with van der Waals surface area (Å²) in [6.45, 7) is 16.2. The minimum atomic E-state index is -3.26. The van der Waals surface area contributed by atoms with Crippen LogP contribution < -0.4 is 9.47 Å². The minimum absolute atomic E-state index is 0.0942. The number of ether oxygens (including phenoxy) is 3. The van der Waals surface area contributed by atoms with Gasteiger partial charge in [-0.1, -0.05) is 70.8 Å². The summed E-state index contributed by atoms with van der Waals surface area (Å²) in [5, 5.41) is 0.833. The first kappa shape index (κ1) is 43.6. The van der Waals surface area contributed by atoms with Gasteiger partial charge in [0.2, 0.25) is 0 Å². The van der Waals surface area contributed by atoms with Crippen molar-refractivity contribution in [3.05, 3.63) is 118 Å². The summed E-state index contributed by atoms with van der Waals surface area (Å²) in [4.78, 5) is 16.3. The maximum absolute atomic E-state index is 12.6. The van der Waals surface area contributed by atoms with Crippen LogP contribution in [0.5, 0.6) is 17.2 Å². The van der Waals surface area contributed by atoms with Crippen LogP contribution in [0.15, 0.2) is 97.3 Å². The molecule has 0 unspecified atom stereocenters. The molecule has 268 valence electrons. The highest BCUT2D eigenvalue weighted by Gasteiger charge is 2.15. The van der Waals surface area contributed by atoms with Crippen LogP contribution >= 0.6 is 23.2 Å². The summed E-state index contributed by atoms with van der Waals surface area (Å²) in [5.41, 5.74) is 1.11. The zero-order valence-corrected chi connectivity index (χ0v) is 32.2. The molecule has 0 aliphatic heterocycles. The predicted molar refractivity (Wildman–Crippen MR) is 200 cm³/mol. The van der Waals surface area contributed by atoms with Gasteiger partial charge in [-0.05, 0) is 96.6 Å². The van der Waals surface area contributed by atoms with E-state index in [-0.39, 0.29) is 17.8 Å². The highest BCUT2D eigenvalue weighted by molar-refractivity contribution is 7.85. The molecule has 4 aromatic rings. The Hall–Kier alpha value is -3.47. The highest BCUT2D eigenvalue weighted by Crippen LogP contribution is 2.27. The van der Waals surface area contributed by atoms with Crippen LogP contribution in [-0.2, 0) is 19.0 Å². The fraction of sp³-hybridized carbons (Fsp3) is 0.368. The van der Waals surface area contributed by atoms with Crippen LogP contribution in [0.2, 0.25) is 10.0 Å². The lowest BCUT2D eigenvalue weighted by Gasteiger charge is -2.16. The quantitative estimate of drug-likeness (QED) is 0.124. The third-order valence-electron chi connectivity index (χ3n) is 5.60. The number of ketones is 1. The number of hydrogen-bond acceptors (Lipinski definition) is 8. The van der Waals surface area contributed by atoms with E-state index in [4.69, 9.17) is 37.4 Å². The number of benzene rings is 3. The molecule has 0 atom stereocenters. The molecule has 4 rings (SSSR count). The summed E-state index contributed by atoms with van der Waals surface area (Å²) >= 11 is 12.0. The molecule has 0 aliphatic carbocycles. The van der Waals surface area contributed by atoms with Crippen LogP contribution in [0.3, 0.4) is 0 Å². The van der Waals surface area contributed by atoms with Gasteiger partial charge in [0.15, 0.2) is 5.78 Å². The minimum Gasteiger partial charge on any atom is -0.497 e. The Labute approximate surface area is 302 Å². The topological polar surface area (TPSA) is 101 Å². The zero-order valence-electron chi connectivity index (χ0n) is 29.8. The molecule has 0 saturated heterocycles. The molecule has 8 nitrogen and oxygen atoms in total. The number of nitrogens with zero attached hydrogens (tertiary/aromatic N) is 1. The molecule has 11 heteroatoms. The lowest BCUT2D eigenvalue weighted by atomic mass is 9.99. The van der Waals surface area contributed by atoms with Crippen LogP contribution in [0, 0.1) is 10.8 Å². The number of carbonyl (C=O) groups is 1. The second-order valence-corrected chi connectivity index (χ2v) is 15.5. The Morgan fingerprint density at radius 3 is 1.63 bits per heavy atom. The Morgan fingerprint density at radius 1 is 0.755 bits per heavy atom. The molecular formula is C38H49Cl2NO7S. The van der Waals surface area contributed by atoms with Crippen molar-refractivity contribution in [3.8, 4) is 17.2 Å². The zero-order chi connectivity index (χ0) is 37.1. The van der Waals surface area contributed by atoms with Gasteiger partial charge in [-0.3, -0.25) is 14.0 Å². The van der Waals surface area contributed by atoms with Gasteiger partial charge < -0.3 is 14.2 Å². The molecule has 0 N–H and O–H groups in total. The number of aromatic nitrogens is 1. The molecule has 49 heavy (non-hydrogen) atoms. The molecule has 0 saturated carbocycles. The molecule has 0 radical (unpaired) electrons. The lowest BCUT2D eigenvalue weighted by Crippen LogP contribution is -2.17. The van der Waals surface area contributed by atoms with Gasteiger partial charge in [0, 0.05) is 35.2 Å². The molecule has 0 bridgehead atoms. The van der Waals surface area contributed by atoms with Gasteiger partial charge >= 0.3 is 0 Å². The molecule has 0 aliphatic rings. The number of halogens is 2. The van der Waals surface area contributed by atoms with Crippen LogP contribution in [0.1, 0.15) is 64.4 Å². The van der Waals surface area contributed by atoms with Crippen molar-refractivity contribution in [2.24, 2.45) is 10.8 Å². The van der Waals surface area contributed by atoms with E-state index < -0.39 is 10.1 Å². The van der Waals surface area contributed by atoms with Gasteiger partial charge in [0.1, 0.15) is 17.2 Å². The normalized spacial score (nSPS) is 11.0. The lowest BCUT2D eigenvalue weighted by molar-refractivity contribution is 0.0805. The van der Waals surface area contributed by atoms with Crippen LogP contribution in [0.4, 0.5) is 0 Å². The molecule has 1 aromatic heterocycles. The van der Waals surface area contributed by atoms with Crippen molar-refractivity contribution in [1.29, 1.82) is 0 Å². The Balaban J connectivity index is 0.000000408. The molecular weight excluding hydrogens is 685 g/mol. The number of carbonyl (C=O) groups excluding carboxylic acids is 1. The number of hydrogen-bond donors (Lipinski definition) is 0. The summed E-state index contributed by atoms with van der Waals surface area (Å²) in [6.07, 6.45) is 4.55. The number of methoxy groups -OCH3 is 1. The smallest absolute Gasteiger partial charge is 0.264 e. The molecule has 3 aromatic carbocycles. The van der Waals surface area contributed by atoms with E-state index >= 15 is 0 Å². The second-order valence-electron chi connectivity index (χ2n) is 13.0. The third kappa shape index (κ3) is 21.3. The Bertz CT molecular complexity index is 1590. The van der Waals surface area contributed by atoms with Crippen molar-refractivity contribution in [3.63, 3.8) is 0 Å². The van der Waals surface area contributed by atoms with E-state index in [2.05, 4.69) is 29.9 Å². The van der Waals surface area contributed by atoms with Crippen molar-refractivity contribution in [2.75, 3.05) is 33.2 Å². The van der Waals surface area contributed by atoms with Gasteiger partial charge in [-0.2, -0.15) is 8.42 Å². The Morgan fingerprint density at radius 2 is 1.27 bits per heavy atom. The first-order valence-electron chi connectivity index (χ1n) is 15.5. The largest absolute Gasteiger partial charge is 0.497 e. The maximum atomic E-state index is 12.6. The van der Waals surface area contributed by atoms with E-state index in [1.165, 1.54) is 0 Å². The third-order valence-corrected chi connectivity index (χ3v) is 6.71. The van der Waals surface area contributed by atoms with Crippen molar-refractivity contribution < 1.29 is 31.6 Å². The van der Waals surface area contributed by atoms with Gasteiger partial charge in [-0.15, -0.1) is 0 Å². The maximum Gasteiger partial charge on any atom is 0.264 e. The summed E-state index contributed by atoms with van der Waals surface area (Å²) in [6, 6.07) is 24.6. The van der Waals surface area contributed by atoms with Crippen LogP contribution in [0.25, 0.3) is 0 Å². The van der Waals surface area contributed by atoms with Gasteiger partial charge in [0.25, 0.3) is 10.1 Å².